The summed E-state index contributed by atoms with van der Waals surface area (Å²) in [7, 11) is 0. The van der Waals surface area contributed by atoms with Gasteiger partial charge in [0, 0.05) is 5.57 Å². The third-order valence-electron chi connectivity index (χ3n) is 1.59. The van der Waals surface area contributed by atoms with Crippen molar-refractivity contribution in [1.29, 1.82) is 0 Å². The van der Waals surface area contributed by atoms with E-state index >= 15 is 0 Å². The predicted molar refractivity (Wildman–Crippen MR) is 63.6 cm³/mol. The fourth-order valence-corrected chi connectivity index (χ4v) is 0.997. The summed E-state index contributed by atoms with van der Waals surface area (Å²) in [5.41, 5.74) is 2.66. The standard InChI is InChI=1S/C13H20O2/c1-9(2)7-12(8-10(3)4)15-13(14)11(5)6/h7-8,12H,5H2,1-4,6H3. The molecule has 0 fully saturated rings. The lowest BCUT2D eigenvalue weighted by Gasteiger charge is -2.11. The van der Waals surface area contributed by atoms with E-state index in [1.165, 1.54) is 0 Å². The van der Waals surface area contributed by atoms with Gasteiger partial charge in [0.25, 0.3) is 0 Å². The number of allylic oxidation sites excluding steroid dienone is 2. The van der Waals surface area contributed by atoms with Crippen LogP contribution in [0.1, 0.15) is 34.6 Å². The molecule has 2 heteroatoms. The summed E-state index contributed by atoms with van der Waals surface area (Å²) in [6.07, 6.45) is 3.53. The van der Waals surface area contributed by atoms with E-state index in [2.05, 4.69) is 6.58 Å². The smallest absolute Gasteiger partial charge is 0.334 e. The molecule has 0 radical (unpaired) electrons. The molecular formula is C13H20O2. The monoisotopic (exact) mass is 208 g/mol. The lowest BCUT2D eigenvalue weighted by molar-refractivity contribution is -0.140. The lowest BCUT2D eigenvalue weighted by Crippen LogP contribution is -2.15. The second-order valence-electron chi connectivity index (χ2n) is 4.14. The van der Waals surface area contributed by atoms with Gasteiger partial charge in [-0.25, -0.2) is 4.79 Å². The number of carbonyl (C=O) groups excluding carboxylic acids is 1. The van der Waals surface area contributed by atoms with Gasteiger partial charge in [-0.15, -0.1) is 0 Å². The topological polar surface area (TPSA) is 26.3 Å². The molecular weight excluding hydrogens is 188 g/mol. The van der Waals surface area contributed by atoms with Crippen molar-refractivity contribution in [2.75, 3.05) is 0 Å². The van der Waals surface area contributed by atoms with Crippen LogP contribution in [0.3, 0.4) is 0 Å². The Morgan fingerprint density at radius 3 is 1.73 bits per heavy atom. The summed E-state index contributed by atoms with van der Waals surface area (Å²) in [5.74, 6) is -0.352. The highest BCUT2D eigenvalue weighted by atomic mass is 16.5. The van der Waals surface area contributed by atoms with Crippen molar-refractivity contribution in [3.63, 3.8) is 0 Å². The van der Waals surface area contributed by atoms with E-state index in [1.54, 1.807) is 6.92 Å². The van der Waals surface area contributed by atoms with E-state index in [1.807, 2.05) is 39.8 Å². The average Bonchev–Trinajstić information content (AvgIpc) is 2.00. The SMILES string of the molecule is C=C(C)C(=O)OC(C=C(C)C)C=C(C)C. The molecule has 0 aromatic heterocycles. The Morgan fingerprint density at radius 1 is 1.07 bits per heavy atom. The summed E-state index contributed by atoms with van der Waals surface area (Å²) in [4.78, 5) is 11.3. The van der Waals surface area contributed by atoms with Crippen LogP contribution in [0.2, 0.25) is 0 Å². The Kier molecular flexibility index (Phi) is 5.68. The zero-order valence-corrected chi connectivity index (χ0v) is 10.3. The zero-order chi connectivity index (χ0) is 12.0. The van der Waals surface area contributed by atoms with Gasteiger partial charge in [-0.3, -0.25) is 0 Å². The highest BCUT2D eigenvalue weighted by Gasteiger charge is 2.09. The second-order valence-corrected chi connectivity index (χ2v) is 4.14. The zero-order valence-electron chi connectivity index (χ0n) is 10.3. The Labute approximate surface area is 92.3 Å². The van der Waals surface area contributed by atoms with E-state index < -0.39 is 0 Å². The van der Waals surface area contributed by atoms with Crippen LogP contribution < -0.4 is 0 Å². The van der Waals surface area contributed by atoms with Crippen LogP contribution in [0.4, 0.5) is 0 Å². The molecule has 0 unspecified atom stereocenters. The molecule has 0 aromatic rings. The summed E-state index contributed by atoms with van der Waals surface area (Å²) in [5, 5.41) is 0. The number of hydrogen-bond donors (Lipinski definition) is 0. The van der Waals surface area contributed by atoms with Gasteiger partial charge >= 0.3 is 5.97 Å². The van der Waals surface area contributed by atoms with Gasteiger partial charge in [-0.05, 0) is 46.8 Å². The van der Waals surface area contributed by atoms with Gasteiger partial charge < -0.3 is 4.74 Å². The molecule has 84 valence electrons. The van der Waals surface area contributed by atoms with Crippen LogP contribution in [0.5, 0.6) is 0 Å². The minimum atomic E-state index is -0.352. The summed E-state index contributed by atoms with van der Waals surface area (Å²) in [6.45, 7) is 13.1. The quantitative estimate of drug-likeness (QED) is 0.402. The maximum Gasteiger partial charge on any atom is 0.334 e. The van der Waals surface area contributed by atoms with E-state index in [4.69, 9.17) is 4.74 Å². The molecule has 0 aliphatic heterocycles. The van der Waals surface area contributed by atoms with Crippen molar-refractivity contribution >= 4 is 5.97 Å². The van der Waals surface area contributed by atoms with Crippen molar-refractivity contribution in [2.24, 2.45) is 0 Å². The Morgan fingerprint density at radius 2 is 1.47 bits per heavy atom. The van der Waals surface area contributed by atoms with Crippen LogP contribution in [0.25, 0.3) is 0 Å². The molecule has 0 heterocycles. The first kappa shape index (κ1) is 13.7. The second kappa shape index (κ2) is 6.23. The molecule has 0 bridgehead atoms. The molecule has 0 N–H and O–H groups in total. The van der Waals surface area contributed by atoms with E-state index in [0.29, 0.717) is 5.57 Å². The molecule has 0 aliphatic carbocycles. The average molecular weight is 208 g/mol. The van der Waals surface area contributed by atoms with E-state index in [-0.39, 0.29) is 12.1 Å². The predicted octanol–water partition coefficient (Wildman–Crippen LogP) is 3.41. The van der Waals surface area contributed by atoms with Crippen molar-refractivity contribution in [2.45, 2.75) is 40.7 Å². The van der Waals surface area contributed by atoms with E-state index in [9.17, 15) is 4.79 Å². The minimum absolute atomic E-state index is 0.288. The normalized spacial score (nSPS) is 9.47. The van der Waals surface area contributed by atoms with E-state index in [0.717, 1.165) is 11.1 Å². The van der Waals surface area contributed by atoms with Crippen molar-refractivity contribution < 1.29 is 9.53 Å². The molecule has 2 nitrogen and oxygen atoms in total. The number of rotatable bonds is 4. The van der Waals surface area contributed by atoms with Crippen molar-refractivity contribution in [1.82, 2.24) is 0 Å². The molecule has 0 aromatic carbocycles. The molecule has 0 aliphatic rings. The summed E-state index contributed by atoms with van der Waals surface area (Å²) in [6, 6.07) is 0. The number of carbonyl (C=O) groups is 1. The summed E-state index contributed by atoms with van der Waals surface area (Å²) < 4.78 is 5.24. The third-order valence-corrected chi connectivity index (χ3v) is 1.59. The van der Waals surface area contributed by atoms with Gasteiger partial charge in [0.1, 0.15) is 6.10 Å². The largest absolute Gasteiger partial charge is 0.450 e. The first-order valence-electron chi connectivity index (χ1n) is 4.99. The van der Waals surface area contributed by atoms with Gasteiger partial charge in [-0.1, -0.05) is 17.7 Å². The molecule has 0 saturated carbocycles. The Balaban J connectivity index is 4.67. The maximum atomic E-state index is 11.3. The molecule has 0 saturated heterocycles. The van der Waals surface area contributed by atoms with Gasteiger partial charge in [0.15, 0.2) is 0 Å². The molecule has 0 amide bonds. The van der Waals surface area contributed by atoms with Crippen LogP contribution in [0.15, 0.2) is 35.5 Å². The molecule has 0 spiro atoms. The van der Waals surface area contributed by atoms with Gasteiger partial charge in [0.2, 0.25) is 0 Å². The van der Waals surface area contributed by atoms with Gasteiger partial charge in [0.05, 0.1) is 0 Å². The Bertz CT molecular complexity index is 282. The van der Waals surface area contributed by atoms with Crippen molar-refractivity contribution in [3.8, 4) is 0 Å². The Hall–Kier alpha value is -1.31. The van der Waals surface area contributed by atoms with Crippen molar-refractivity contribution in [3.05, 3.63) is 35.5 Å². The maximum absolute atomic E-state index is 11.3. The number of hydrogen-bond acceptors (Lipinski definition) is 2. The van der Waals surface area contributed by atoms with Crippen LogP contribution >= 0.6 is 0 Å². The third kappa shape index (κ3) is 6.72. The number of esters is 1. The molecule has 0 rings (SSSR count). The highest BCUT2D eigenvalue weighted by Crippen LogP contribution is 2.07. The lowest BCUT2D eigenvalue weighted by atomic mass is 10.2. The van der Waals surface area contributed by atoms with Crippen LogP contribution in [-0.4, -0.2) is 12.1 Å². The molecule has 0 atom stereocenters. The highest BCUT2D eigenvalue weighted by molar-refractivity contribution is 5.87. The minimum Gasteiger partial charge on any atom is -0.450 e. The first-order chi connectivity index (χ1) is 6.82. The first-order valence-corrected chi connectivity index (χ1v) is 4.99. The summed E-state index contributed by atoms with van der Waals surface area (Å²) >= 11 is 0. The molecule has 15 heavy (non-hydrogen) atoms. The van der Waals surface area contributed by atoms with Crippen LogP contribution in [-0.2, 0) is 9.53 Å². The fourth-order valence-electron chi connectivity index (χ4n) is 0.997. The van der Waals surface area contributed by atoms with Gasteiger partial charge in [-0.2, -0.15) is 0 Å². The van der Waals surface area contributed by atoms with Crippen LogP contribution in [0, 0.1) is 0 Å². The number of ether oxygens (including phenoxy) is 1. The fraction of sp³-hybridized carbons (Fsp3) is 0.462.